The van der Waals surface area contributed by atoms with Gasteiger partial charge in [0, 0.05) is 37.5 Å². The van der Waals surface area contributed by atoms with Gasteiger partial charge in [-0.05, 0) is 52.9 Å². The molecular formula is C31H28F7N3O3. The number of carbonyl (C=O) groups excluding carboxylic acids is 1. The van der Waals surface area contributed by atoms with Crippen molar-refractivity contribution in [1.82, 2.24) is 9.88 Å². The third-order valence-electron chi connectivity index (χ3n) is 7.73. The molecule has 2 aromatic carbocycles. The van der Waals surface area contributed by atoms with E-state index in [2.05, 4.69) is 4.98 Å². The van der Waals surface area contributed by atoms with E-state index in [0.29, 0.717) is 40.2 Å². The SMILES string of the molecule is COc1cc(F)c(C(C)C)cc1-c1cnc(N(C)C)cc1[C@@H]1C=CC2[C@@H](c3cc(C(F)(F)F)cc(C(F)(F)F)c3)OC(=O)N21. The summed E-state index contributed by atoms with van der Waals surface area (Å²) in [6.07, 6.45) is -7.80. The summed E-state index contributed by atoms with van der Waals surface area (Å²) in [5.74, 6) is 0.0570. The number of hydrogen-bond acceptors (Lipinski definition) is 5. The molecule has 2 aliphatic rings. The van der Waals surface area contributed by atoms with Crippen LogP contribution in [0.1, 0.15) is 59.7 Å². The van der Waals surface area contributed by atoms with Crippen LogP contribution in [0, 0.1) is 5.82 Å². The number of carbonyl (C=O) groups is 1. The topological polar surface area (TPSA) is 54.9 Å². The number of fused-ring (bicyclic) bond motifs is 1. The maximum absolute atomic E-state index is 14.9. The van der Waals surface area contributed by atoms with E-state index in [1.54, 1.807) is 43.4 Å². The van der Waals surface area contributed by atoms with E-state index in [1.165, 1.54) is 24.2 Å². The summed E-state index contributed by atoms with van der Waals surface area (Å²) in [5, 5.41) is 0. The van der Waals surface area contributed by atoms with Crippen LogP contribution in [0.4, 0.5) is 41.3 Å². The van der Waals surface area contributed by atoms with Crippen LogP contribution >= 0.6 is 0 Å². The fourth-order valence-electron chi connectivity index (χ4n) is 5.54. The first-order chi connectivity index (χ1) is 20.5. The molecule has 1 amide bonds. The third kappa shape index (κ3) is 5.55. The lowest BCUT2D eigenvalue weighted by Gasteiger charge is -2.27. The number of rotatable bonds is 6. The highest BCUT2D eigenvalue weighted by Crippen LogP contribution is 2.48. The summed E-state index contributed by atoms with van der Waals surface area (Å²) in [6.45, 7) is 3.65. The summed E-state index contributed by atoms with van der Waals surface area (Å²) in [5.41, 5.74) is -1.56. The first-order valence-corrected chi connectivity index (χ1v) is 13.5. The lowest BCUT2D eigenvalue weighted by atomic mass is 9.92. The predicted molar refractivity (Wildman–Crippen MR) is 148 cm³/mol. The zero-order chi connectivity index (χ0) is 32.3. The molecule has 5 rings (SSSR count). The van der Waals surface area contributed by atoms with Gasteiger partial charge in [-0.1, -0.05) is 26.0 Å². The van der Waals surface area contributed by atoms with Gasteiger partial charge in [-0.3, -0.25) is 4.90 Å². The molecule has 0 aliphatic carbocycles. The van der Waals surface area contributed by atoms with Crippen LogP contribution in [0.2, 0.25) is 0 Å². The number of benzene rings is 2. The third-order valence-corrected chi connectivity index (χ3v) is 7.73. The molecule has 0 radical (unpaired) electrons. The van der Waals surface area contributed by atoms with E-state index >= 15 is 0 Å². The van der Waals surface area contributed by atoms with Gasteiger partial charge in [0.15, 0.2) is 6.10 Å². The van der Waals surface area contributed by atoms with E-state index < -0.39 is 59.1 Å². The number of amides is 1. The van der Waals surface area contributed by atoms with Gasteiger partial charge in [0.1, 0.15) is 17.4 Å². The molecular weight excluding hydrogens is 595 g/mol. The predicted octanol–water partition coefficient (Wildman–Crippen LogP) is 8.30. The molecule has 13 heteroatoms. The van der Waals surface area contributed by atoms with Crippen LogP contribution in [0.15, 0.2) is 54.7 Å². The lowest BCUT2D eigenvalue weighted by Crippen LogP contribution is -2.32. The molecule has 6 nitrogen and oxygen atoms in total. The molecule has 2 aliphatic heterocycles. The van der Waals surface area contributed by atoms with Gasteiger partial charge >= 0.3 is 18.4 Å². The fourth-order valence-corrected chi connectivity index (χ4v) is 5.54. The van der Waals surface area contributed by atoms with Gasteiger partial charge in [0.05, 0.1) is 30.3 Å². The lowest BCUT2D eigenvalue weighted by molar-refractivity contribution is -0.143. The molecule has 0 saturated carbocycles. The first kappa shape index (κ1) is 31.1. The Hall–Kier alpha value is -4.29. The number of ether oxygens (including phenoxy) is 2. The maximum atomic E-state index is 14.9. The highest BCUT2D eigenvalue weighted by molar-refractivity contribution is 5.79. The summed E-state index contributed by atoms with van der Waals surface area (Å²) < 4.78 is 107. The Balaban J connectivity index is 1.62. The number of aromatic nitrogens is 1. The number of methoxy groups -OCH3 is 1. The number of alkyl halides is 6. The average molecular weight is 624 g/mol. The van der Waals surface area contributed by atoms with Crippen molar-refractivity contribution in [1.29, 1.82) is 0 Å². The molecule has 3 heterocycles. The first-order valence-electron chi connectivity index (χ1n) is 13.5. The Bertz CT molecular complexity index is 1600. The van der Waals surface area contributed by atoms with Crippen molar-refractivity contribution >= 4 is 11.9 Å². The second-order valence-corrected chi connectivity index (χ2v) is 11.1. The van der Waals surface area contributed by atoms with Gasteiger partial charge in [-0.2, -0.15) is 26.3 Å². The normalized spacial score (nSPS) is 19.9. The summed E-state index contributed by atoms with van der Waals surface area (Å²) >= 11 is 0. The van der Waals surface area contributed by atoms with Crippen molar-refractivity contribution in [3.8, 4) is 16.9 Å². The molecule has 44 heavy (non-hydrogen) atoms. The van der Waals surface area contributed by atoms with Gasteiger partial charge in [0.25, 0.3) is 0 Å². The highest BCUT2D eigenvalue weighted by Gasteiger charge is 2.49. The largest absolute Gasteiger partial charge is 0.496 e. The molecule has 1 saturated heterocycles. The van der Waals surface area contributed by atoms with Crippen molar-refractivity contribution < 1.29 is 45.0 Å². The van der Waals surface area contributed by atoms with E-state index in [4.69, 9.17) is 9.47 Å². The van der Waals surface area contributed by atoms with Crippen LogP contribution in [0.25, 0.3) is 11.1 Å². The van der Waals surface area contributed by atoms with E-state index in [9.17, 15) is 35.5 Å². The molecule has 1 fully saturated rings. The van der Waals surface area contributed by atoms with E-state index in [1.807, 2.05) is 13.8 Å². The Labute approximate surface area is 248 Å². The van der Waals surface area contributed by atoms with Crippen LogP contribution in [0.5, 0.6) is 5.75 Å². The number of hydrogen-bond donors (Lipinski definition) is 0. The van der Waals surface area contributed by atoms with Crippen molar-refractivity contribution in [3.05, 3.63) is 88.4 Å². The Morgan fingerprint density at radius 1 is 0.932 bits per heavy atom. The summed E-state index contributed by atoms with van der Waals surface area (Å²) in [6, 6.07) is 3.90. The maximum Gasteiger partial charge on any atom is 0.416 e. The zero-order valence-corrected chi connectivity index (χ0v) is 24.2. The quantitative estimate of drug-likeness (QED) is 0.204. The molecule has 0 spiro atoms. The monoisotopic (exact) mass is 623 g/mol. The van der Waals surface area contributed by atoms with Gasteiger partial charge < -0.3 is 14.4 Å². The number of cyclic esters (lactones) is 1. The fraction of sp³-hybridized carbons (Fsp3) is 0.355. The van der Waals surface area contributed by atoms with Crippen LogP contribution < -0.4 is 9.64 Å². The van der Waals surface area contributed by atoms with Gasteiger partial charge in [-0.15, -0.1) is 0 Å². The van der Waals surface area contributed by atoms with Gasteiger partial charge in [0.2, 0.25) is 0 Å². The number of anilines is 1. The molecule has 0 bridgehead atoms. The van der Waals surface area contributed by atoms with Gasteiger partial charge in [-0.25, -0.2) is 14.2 Å². The molecule has 1 aromatic heterocycles. The second-order valence-electron chi connectivity index (χ2n) is 11.1. The number of halogens is 7. The van der Waals surface area contributed by atoms with Crippen molar-refractivity contribution in [2.75, 3.05) is 26.1 Å². The summed E-state index contributed by atoms with van der Waals surface area (Å²) in [7, 11) is 4.88. The molecule has 0 N–H and O–H groups in total. The average Bonchev–Trinajstić information content (AvgIpc) is 3.52. The molecule has 1 unspecified atom stereocenters. The Morgan fingerprint density at radius 2 is 1.57 bits per heavy atom. The number of nitrogens with zero attached hydrogens (tertiary/aromatic N) is 3. The van der Waals surface area contributed by atoms with Crippen LogP contribution in [-0.4, -0.2) is 43.2 Å². The molecule has 3 aromatic rings. The molecule has 234 valence electrons. The van der Waals surface area contributed by atoms with Crippen molar-refractivity contribution in [3.63, 3.8) is 0 Å². The number of pyridine rings is 1. The highest BCUT2D eigenvalue weighted by atomic mass is 19.4. The van der Waals surface area contributed by atoms with Crippen LogP contribution in [0.3, 0.4) is 0 Å². The minimum absolute atomic E-state index is 0.0266. The molecule has 3 atom stereocenters. The smallest absolute Gasteiger partial charge is 0.416 e. The van der Waals surface area contributed by atoms with E-state index in [0.717, 1.165) is 0 Å². The van der Waals surface area contributed by atoms with E-state index in [-0.39, 0.29) is 17.7 Å². The van der Waals surface area contributed by atoms with Crippen molar-refractivity contribution in [2.24, 2.45) is 0 Å². The minimum atomic E-state index is -5.07. The second kappa shape index (κ2) is 11.0. The standard InChI is InChI=1S/C31H28F7N3O3/c1-15(2)19-11-21(26(43-5)13-23(19)32)22-14-39-27(40(3)4)12-20(22)24-6-7-25-28(44-29(42)41(24)25)16-8-17(30(33,34)35)10-18(9-16)31(36,37)38/h6-15,24-25,28H,1-5H3/t24-,25?,28+/m0/s1. The Kier molecular flexibility index (Phi) is 7.79. The van der Waals surface area contributed by atoms with Crippen molar-refractivity contribution in [2.45, 2.75) is 50.3 Å². The summed E-state index contributed by atoms with van der Waals surface area (Å²) in [4.78, 5) is 20.8. The zero-order valence-electron chi connectivity index (χ0n) is 24.2. The van der Waals surface area contributed by atoms with Crippen LogP contribution in [-0.2, 0) is 17.1 Å². The Morgan fingerprint density at radius 3 is 2.11 bits per heavy atom. The minimum Gasteiger partial charge on any atom is -0.496 e.